The summed E-state index contributed by atoms with van der Waals surface area (Å²) in [6.07, 6.45) is 0.0666. The summed E-state index contributed by atoms with van der Waals surface area (Å²) in [5, 5.41) is 57.2. The van der Waals surface area contributed by atoms with Crippen LogP contribution in [0.25, 0.3) is 0 Å². The summed E-state index contributed by atoms with van der Waals surface area (Å²) >= 11 is 0. The molecule has 0 aliphatic carbocycles. The van der Waals surface area contributed by atoms with Crippen LogP contribution >= 0.6 is 0 Å². The number of carbonyl (C=O) groups is 4. The van der Waals surface area contributed by atoms with E-state index in [1.54, 1.807) is 20.8 Å². The Morgan fingerprint density at radius 1 is 0.854 bits per heavy atom. The SMILES string of the molecule is CC[C@@H](C)[C@@H](C(=O)N[C@H](C(=O)N[C@H](C(=O)N[C@@H](CC(C)C)C(O)(O)[C@](C)(O)C=N)[C@@H](C)O)[C@@H](C)CC)N(C)C(C)=O. The number of nitrogens with one attached hydrogen (secondary N) is 4. The number of hydrogen-bond donors (Lipinski definition) is 8. The predicted octanol–water partition coefficient (Wildman–Crippen LogP) is -0.112. The van der Waals surface area contributed by atoms with Crippen molar-refractivity contribution >= 4 is 29.8 Å². The number of rotatable bonds is 17. The molecule has 8 N–H and O–H groups in total. The molecule has 0 heterocycles. The second-order valence-electron chi connectivity index (χ2n) is 11.8. The Hall–Kier alpha value is -2.61. The largest absolute Gasteiger partial charge is 0.391 e. The number of aliphatic hydroxyl groups is 4. The van der Waals surface area contributed by atoms with Crippen LogP contribution in [0.5, 0.6) is 0 Å². The van der Waals surface area contributed by atoms with Crippen molar-refractivity contribution in [1.29, 1.82) is 5.41 Å². The van der Waals surface area contributed by atoms with Crippen LogP contribution < -0.4 is 16.0 Å². The first kappa shape index (κ1) is 38.4. The summed E-state index contributed by atoms with van der Waals surface area (Å²) < 4.78 is 0. The highest BCUT2D eigenvalue weighted by Crippen LogP contribution is 2.26. The maximum atomic E-state index is 13.5. The van der Waals surface area contributed by atoms with Crippen LogP contribution in [0.2, 0.25) is 0 Å². The Morgan fingerprint density at radius 2 is 1.32 bits per heavy atom. The zero-order valence-electron chi connectivity index (χ0n) is 26.2. The molecule has 13 heteroatoms. The minimum absolute atomic E-state index is 0.0184. The first-order chi connectivity index (χ1) is 18.7. The third kappa shape index (κ3) is 10.3. The number of aliphatic hydroxyl groups excluding tert-OH is 1. The van der Waals surface area contributed by atoms with Crippen molar-refractivity contribution in [2.24, 2.45) is 17.8 Å². The standard InChI is InChI=1S/C28H53N5O8/c1-11-16(5)21(31-26(38)23(17(6)12-2)33(10)19(8)35)24(36)32-22(18(7)34)25(37)30-20(13-15(3)4)28(40,41)27(9,39)14-29/h14-18,20-23,29,34,39-41H,11-13H2,1-10H3,(H,30,37)(H,31,38)(H,32,36)/t16-,17+,18+,20-,21-,22-,23-,27+/m0/s1. The summed E-state index contributed by atoms with van der Waals surface area (Å²) in [7, 11) is 1.51. The Morgan fingerprint density at radius 3 is 1.71 bits per heavy atom. The average molecular weight is 588 g/mol. The van der Waals surface area contributed by atoms with E-state index in [9.17, 15) is 39.6 Å². The van der Waals surface area contributed by atoms with Crippen LogP contribution in [0.1, 0.15) is 81.6 Å². The Kier molecular flexibility index (Phi) is 15.1. The first-order valence-electron chi connectivity index (χ1n) is 14.2. The third-order valence-electron chi connectivity index (χ3n) is 7.76. The van der Waals surface area contributed by atoms with Gasteiger partial charge in [-0.2, -0.15) is 0 Å². The van der Waals surface area contributed by atoms with Gasteiger partial charge in [-0.15, -0.1) is 0 Å². The van der Waals surface area contributed by atoms with Gasteiger partial charge in [0.2, 0.25) is 29.4 Å². The van der Waals surface area contributed by atoms with Crippen molar-refractivity contribution in [3.05, 3.63) is 0 Å². The van der Waals surface area contributed by atoms with Crippen molar-refractivity contribution in [3.8, 4) is 0 Å². The molecule has 0 radical (unpaired) electrons. The maximum Gasteiger partial charge on any atom is 0.245 e. The summed E-state index contributed by atoms with van der Waals surface area (Å²) in [5.74, 6) is -6.32. The van der Waals surface area contributed by atoms with Gasteiger partial charge < -0.3 is 46.7 Å². The monoisotopic (exact) mass is 587 g/mol. The normalized spacial score (nSPS) is 18.5. The minimum atomic E-state index is -2.96. The van der Waals surface area contributed by atoms with Gasteiger partial charge >= 0.3 is 0 Å². The fourth-order valence-electron chi connectivity index (χ4n) is 4.34. The lowest BCUT2D eigenvalue weighted by atomic mass is 9.85. The van der Waals surface area contributed by atoms with E-state index in [2.05, 4.69) is 16.0 Å². The van der Waals surface area contributed by atoms with E-state index in [4.69, 9.17) is 5.41 Å². The molecule has 0 aromatic heterocycles. The fourth-order valence-corrected chi connectivity index (χ4v) is 4.34. The highest BCUT2D eigenvalue weighted by Gasteiger charge is 2.50. The molecule has 0 bridgehead atoms. The minimum Gasteiger partial charge on any atom is -0.391 e. The van der Waals surface area contributed by atoms with Gasteiger partial charge in [0.05, 0.1) is 12.1 Å². The molecule has 8 atom stereocenters. The molecule has 13 nitrogen and oxygen atoms in total. The van der Waals surface area contributed by atoms with Crippen molar-refractivity contribution in [2.75, 3.05) is 7.05 Å². The maximum absolute atomic E-state index is 13.5. The van der Waals surface area contributed by atoms with Gasteiger partial charge in [-0.3, -0.25) is 19.2 Å². The van der Waals surface area contributed by atoms with Crippen LogP contribution in [0, 0.1) is 23.2 Å². The van der Waals surface area contributed by atoms with E-state index in [0.29, 0.717) is 19.1 Å². The number of nitrogens with zero attached hydrogens (tertiary/aromatic N) is 1. The summed E-state index contributed by atoms with van der Waals surface area (Å²) in [6.45, 7) is 14.4. The number of likely N-dealkylation sites (N-methyl/N-ethyl adjacent to an activating group) is 1. The molecule has 41 heavy (non-hydrogen) atoms. The number of carbonyl (C=O) groups excluding carboxylic acids is 4. The van der Waals surface area contributed by atoms with E-state index >= 15 is 0 Å². The average Bonchev–Trinajstić information content (AvgIpc) is 2.88. The van der Waals surface area contributed by atoms with Crippen molar-refractivity contribution in [3.63, 3.8) is 0 Å². The Balaban J connectivity index is 6.18. The van der Waals surface area contributed by atoms with Crippen molar-refractivity contribution < 1.29 is 39.6 Å². The number of amides is 4. The third-order valence-corrected chi connectivity index (χ3v) is 7.76. The van der Waals surface area contributed by atoms with Crippen LogP contribution in [-0.4, -0.2) is 104 Å². The zero-order chi connectivity index (χ0) is 32.5. The number of hydrogen-bond acceptors (Lipinski definition) is 9. The molecule has 0 fully saturated rings. The molecule has 0 saturated carbocycles. The first-order valence-corrected chi connectivity index (χ1v) is 14.2. The smallest absolute Gasteiger partial charge is 0.245 e. The molecule has 0 saturated heterocycles. The zero-order valence-corrected chi connectivity index (χ0v) is 26.2. The molecule has 0 unspecified atom stereocenters. The quantitative estimate of drug-likeness (QED) is 0.0847. The topological polar surface area (TPSA) is 212 Å². The van der Waals surface area contributed by atoms with Gasteiger partial charge in [0.25, 0.3) is 0 Å². The van der Waals surface area contributed by atoms with Crippen molar-refractivity contribution in [1.82, 2.24) is 20.9 Å². The van der Waals surface area contributed by atoms with E-state index in [0.717, 1.165) is 6.92 Å². The van der Waals surface area contributed by atoms with E-state index in [-0.39, 0.29) is 24.2 Å². The predicted molar refractivity (Wildman–Crippen MR) is 155 cm³/mol. The molecule has 0 aromatic carbocycles. The van der Waals surface area contributed by atoms with Crippen LogP contribution in [0.3, 0.4) is 0 Å². The lowest BCUT2D eigenvalue weighted by molar-refractivity contribution is -0.259. The highest BCUT2D eigenvalue weighted by atomic mass is 16.5. The summed E-state index contributed by atoms with van der Waals surface area (Å²) in [6, 6.07) is -5.00. The van der Waals surface area contributed by atoms with Gasteiger partial charge in [0, 0.05) is 20.2 Å². The molecular weight excluding hydrogens is 534 g/mol. The summed E-state index contributed by atoms with van der Waals surface area (Å²) in [4.78, 5) is 53.5. The van der Waals surface area contributed by atoms with Crippen LogP contribution in [0.4, 0.5) is 0 Å². The highest BCUT2D eigenvalue weighted by molar-refractivity contribution is 5.94. The lowest BCUT2D eigenvalue weighted by Crippen LogP contribution is -2.68. The van der Waals surface area contributed by atoms with Gasteiger partial charge in [-0.05, 0) is 38.0 Å². The molecular formula is C28H53N5O8. The summed E-state index contributed by atoms with van der Waals surface area (Å²) in [5.41, 5.74) is -2.42. The molecule has 4 amide bonds. The Labute approximate surface area is 244 Å². The molecule has 0 aliphatic rings. The molecule has 0 spiro atoms. The molecule has 238 valence electrons. The lowest BCUT2D eigenvalue weighted by Gasteiger charge is -2.41. The van der Waals surface area contributed by atoms with E-state index in [1.807, 2.05) is 20.8 Å². The van der Waals surface area contributed by atoms with Gasteiger partial charge in [-0.25, -0.2) is 0 Å². The molecule has 0 rings (SSSR count). The Bertz CT molecular complexity index is 908. The van der Waals surface area contributed by atoms with E-state index in [1.165, 1.54) is 25.8 Å². The van der Waals surface area contributed by atoms with Gasteiger partial charge in [-0.1, -0.05) is 54.4 Å². The van der Waals surface area contributed by atoms with Gasteiger partial charge in [0.15, 0.2) is 5.60 Å². The van der Waals surface area contributed by atoms with Crippen molar-refractivity contribution in [2.45, 2.75) is 123 Å². The van der Waals surface area contributed by atoms with Crippen LogP contribution in [-0.2, 0) is 19.2 Å². The van der Waals surface area contributed by atoms with Gasteiger partial charge in [0.1, 0.15) is 18.1 Å². The molecule has 0 aromatic rings. The molecule has 0 aliphatic heterocycles. The fraction of sp³-hybridized carbons (Fsp3) is 0.821. The second-order valence-corrected chi connectivity index (χ2v) is 11.8. The van der Waals surface area contributed by atoms with E-state index < -0.39 is 65.3 Å². The second kappa shape index (κ2) is 16.1. The van der Waals surface area contributed by atoms with Crippen LogP contribution in [0.15, 0.2) is 0 Å².